The van der Waals surface area contributed by atoms with Gasteiger partial charge in [-0.1, -0.05) is 60.2 Å². The Labute approximate surface area is 202 Å². The van der Waals surface area contributed by atoms with Crippen LogP contribution in [0.5, 0.6) is 0 Å². The zero-order valence-electron chi connectivity index (χ0n) is 19.9. The van der Waals surface area contributed by atoms with Crippen LogP contribution in [-0.4, -0.2) is 24.9 Å². The lowest BCUT2D eigenvalue weighted by Crippen LogP contribution is -2.28. The van der Waals surface area contributed by atoms with Crippen molar-refractivity contribution in [3.05, 3.63) is 114 Å². The molecule has 178 valence electrons. The number of hydrogen-bond donors (Lipinski definition) is 0. The average Bonchev–Trinajstić information content (AvgIpc) is 2.78. The molecule has 0 saturated carbocycles. The van der Waals surface area contributed by atoms with Crippen molar-refractivity contribution in [2.24, 2.45) is 0 Å². The Morgan fingerprint density at radius 3 is 2.15 bits per heavy atom. The molecule has 0 amide bonds. The molecule has 0 heterocycles. The predicted molar refractivity (Wildman–Crippen MR) is 136 cm³/mol. The van der Waals surface area contributed by atoms with Gasteiger partial charge in [0.2, 0.25) is 0 Å². The van der Waals surface area contributed by atoms with E-state index in [-0.39, 0.29) is 17.3 Å². The Balaban J connectivity index is 2.06. The van der Waals surface area contributed by atoms with Gasteiger partial charge in [-0.05, 0) is 69.7 Å². The predicted octanol–water partition coefficient (Wildman–Crippen LogP) is 6.65. The molecule has 3 rings (SSSR count). The highest BCUT2D eigenvalue weighted by atomic mass is 32.2. The molecule has 0 spiro atoms. The van der Waals surface area contributed by atoms with Gasteiger partial charge in [-0.25, -0.2) is 12.8 Å². The summed E-state index contributed by atoms with van der Waals surface area (Å²) in [5.74, 6) is -0.0508. The van der Waals surface area contributed by atoms with Crippen molar-refractivity contribution in [3.8, 4) is 0 Å². The van der Waals surface area contributed by atoms with Crippen molar-refractivity contribution < 1.29 is 17.5 Å². The highest BCUT2D eigenvalue weighted by Gasteiger charge is 2.24. The largest absolute Gasteiger partial charge is 0.486 e. The first-order valence-corrected chi connectivity index (χ1v) is 12.5. The van der Waals surface area contributed by atoms with Crippen molar-refractivity contribution in [3.63, 3.8) is 0 Å². The summed E-state index contributed by atoms with van der Waals surface area (Å²) in [6.45, 7) is 7.61. The highest BCUT2D eigenvalue weighted by molar-refractivity contribution is 7.89. The third-order valence-electron chi connectivity index (χ3n) is 4.83. The van der Waals surface area contributed by atoms with Gasteiger partial charge in [-0.3, -0.25) is 4.31 Å². The maximum atomic E-state index is 13.6. The average molecular weight is 480 g/mol. The van der Waals surface area contributed by atoms with Crippen molar-refractivity contribution >= 4 is 21.9 Å². The molecule has 3 aromatic rings. The van der Waals surface area contributed by atoms with Crippen LogP contribution >= 0.6 is 0 Å². The number of nitrogens with zero attached hydrogens (tertiary/aromatic N) is 1. The van der Waals surface area contributed by atoms with Crippen molar-refractivity contribution in [1.82, 2.24) is 4.31 Å². The van der Waals surface area contributed by atoms with E-state index >= 15 is 0 Å². The molecule has 0 aliphatic rings. The monoisotopic (exact) mass is 479 g/mol. The lowest BCUT2D eigenvalue weighted by atomic mass is 10.1. The lowest BCUT2D eigenvalue weighted by molar-refractivity contribution is 0.0956. The summed E-state index contributed by atoms with van der Waals surface area (Å²) in [5, 5.41) is 0. The first-order valence-electron chi connectivity index (χ1n) is 11.0. The van der Waals surface area contributed by atoms with Crippen molar-refractivity contribution in [2.75, 3.05) is 6.54 Å². The smallest absolute Gasteiger partial charge is 0.264 e. The van der Waals surface area contributed by atoms with Gasteiger partial charge in [0.25, 0.3) is 10.0 Å². The Kier molecular flexibility index (Phi) is 7.94. The van der Waals surface area contributed by atoms with Crippen LogP contribution in [0, 0.1) is 12.7 Å². The van der Waals surface area contributed by atoms with Crippen LogP contribution in [0.2, 0.25) is 0 Å². The second-order valence-electron chi connectivity index (χ2n) is 8.92. The van der Waals surface area contributed by atoms with E-state index in [1.165, 1.54) is 22.6 Å². The third kappa shape index (κ3) is 7.06. The van der Waals surface area contributed by atoms with E-state index in [9.17, 15) is 12.8 Å². The number of halogens is 1. The first-order chi connectivity index (χ1) is 16.0. The van der Waals surface area contributed by atoms with Gasteiger partial charge in [0.05, 0.1) is 17.6 Å². The van der Waals surface area contributed by atoms with Gasteiger partial charge in [0.15, 0.2) is 0 Å². The van der Waals surface area contributed by atoms with E-state index in [2.05, 4.69) is 0 Å². The normalized spacial score (nSPS) is 12.7. The molecule has 6 heteroatoms. The van der Waals surface area contributed by atoms with Crippen LogP contribution < -0.4 is 0 Å². The minimum Gasteiger partial charge on any atom is -0.486 e. The summed E-state index contributed by atoms with van der Waals surface area (Å²) in [6.07, 6.45) is 5.13. The number of aryl methyl sites for hydroxylation is 1. The number of sulfonamides is 1. The molecule has 0 atom stereocenters. The topological polar surface area (TPSA) is 46.6 Å². The standard InChI is InChI=1S/C28H30FNO3S/c1-22-12-18-26(19-13-22)34(31,32)30(20-8-11-23-9-6-5-7-10-23)21-27(33-28(2,3)4)24-14-16-25(29)17-15-24/h5-19,21H,20H2,1-4H3/b11-8+,27-21-. The van der Waals surface area contributed by atoms with Gasteiger partial charge in [0.1, 0.15) is 17.2 Å². The lowest BCUT2D eigenvalue weighted by Gasteiger charge is -2.26. The van der Waals surface area contributed by atoms with Gasteiger partial charge in [0, 0.05) is 5.56 Å². The highest BCUT2D eigenvalue weighted by Crippen LogP contribution is 2.26. The first kappa shape index (κ1) is 25.2. The fourth-order valence-corrected chi connectivity index (χ4v) is 4.42. The van der Waals surface area contributed by atoms with Crippen molar-refractivity contribution in [2.45, 2.75) is 38.2 Å². The van der Waals surface area contributed by atoms with Crippen molar-refractivity contribution in [1.29, 1.82) is 0 Å². The molecule has 0 radical (unpaired) electrons. The van der Waals surface area contributed by atoms with Gasteiger partial charge >= 0.3 is 0 Å². The Bertz CT molecular complexity index is 1240. The van der Waals surface area contributed by atoms with Crippen LogP contribution in [0.4, 0.5) is 4.39 Å². The fraction of sp³-hybridized carbons (Fsp3) is 0.214. The Morgan fingerprint density at radius 2 is 1.56 bits per heavy atom. The molecule has 34 heavy (non-hydrogen) atoms. The molecule has 0 aliphatic heterocycles. The van der Waals surface area contributed by atoms with Crippen LogP contribution in [0.15, 0.2) is 96.0 Å². The maximum Gasteiger partial charge on any atom is 0.264 e. The Morgan fingerprint density at radius 1 is 0.941 bits per heavy atom. The van der Waals surface area contributed by atoms with E-state index < -0.39 is 15.6 Å². The number of rotatable bonds is 8. The second-order valence-corrected chi connectivity index (χ2v) is 10.8. The van der Waals surface area contributed by atoms with Crippen LogP contribution in [0.1, 0.15) is 37.5 Å². The molecule has 0 aliphatic carbocycles. The summed E-state index contributed by atoms with van der Waals surface area (Å²) < 4.78 is 48.1. The van der Waals surface area contributed by atoms with E-state index in [1.807, 2.05) is 64.1 Å². The van der Waals surface area contributed by atoms with Gasteiger partial charge in [-0.2, -0.15) is 0 Å². The zero-order chi connectivity index (χ0) is 24.8. The van der Waals surface area contributed by atoms with E-state index in [0.29, 0.717) is 11.3 Å². The molecule has 4 nitrogen and oxygen atoms in total. The molecule has 0 unspecified atom stereocenters. The summed E-state index contributed by atoms with van der Waals surface area (Å²) in [5.41, 5.74) is 1.91. The summed E-state index contributed by atoms with van der Waals surface area (Å²) in [7, 11) is -3.89. The molecular weight excluding hydrogens is 449 g/mol. The molecule has 0 bridgehead atoms. The minimum absolute atomic E-state index is 0.0866. The molecule has 0 fully saturated rings. The van der Waals surface area contributed by atoms with Crippen LogP contribution in [-0.2, 0) is 14.8 Å². The van der Waals surface area contributed by atoms with E-state index in [0.717, 1.165) is 11.1 Å². The summed E-state index contributed by atoms with van der Waals surface area (Å²) in [4.78, 5) is 0.177. The number of ether oxygens (including phenoxy) is 1. The molecule has 0 N–H and O–H groups in total. The number of benzene rings is 3. The molecule has 3 aromatic carbocycles. The van der Waals surface area contributed by atoms with Crippen LogP contribution in [0.25, 0.3) is 11.8 Å². The quantitative estimate of drug-likeness (QED) is 0.340. The van der Waals surface area contributed by atoms with Gasteiger partial charge in [-0.15, -0.1) is 0 Å². The third-order valence-corrected chi connectivity index (χ3v) is 6.57. The molecule has 0 aromatic heterocycles. The number of hydrogen-bond acceptors (Lipinski definition) is 3. The summed E-state index contributed by atoms with van der Waals surface area (Å²) in [6, 6.07) is 22.2. The van der Waals surface area contributed by atoms with E-state index in [4.69, 9.17) is 4.74 Å². The van der Waals surface area contributed by atoms with E-state index in [1.54, 1.807) is 42.5 Å². The maximum absolute atomic E-state index is 13.6. The fourth-order valence-electron chi connectivity index (χ4n) is 3.16. The SMILES string of the molecule is Cc1ccc(S(=O)(=O)N(/C=C(\OC(C)(C)C)c2ccc(F)cc2)C/C=C/c2ccccc2)cc1. The minimum atomic E-state index is -3.89. The molecule has 0 saturated heterocycles. The Hall–Kier alpha value is -3.38. The van der Waals surface area contributed by atoms with Crippen LogP contribution in [0.3, 0.4) is 0 Å². The molecular formula is C28H30FNO3S. The van der Waals surface area contributed by atoms with Gasteiger partial charge < -0.3 is 4.74 Å². The second kappa shape index (κ2) is 10.7. The zero-order valence-corrected chi connectivity index (χ0v) is 20.7. The summed E-state index contributed by atoms with van der Waals surface area (Å²) >= 11 is 0.